The molecule has 3 rings (SSSR count). The van der Waals surface area contributed by atoms with E-state index in [1.807, 2.05) is 0 Å². The average molecular weight is 259 g/mol. The van der Waals surface area contributed by atoms with Gasteiger partial charge >= 0.3 is 0 Å². The molecule has 1 aromatic carbocycles. The third-order valence-electron chi connectivity index (χ3n) is 4.85. The zero-order chi connectivity index (χ0) is 13.2. The summed E-state index contributed by atoms with van der Waals surface area (Å²) < 4.78 is 0. The Bertz CT molecular complexity index is 443. The number of benzene rings is 1. The highest BCUT2D eigenvalue weighted by atomic mass is 16.3. The van der Waals surface area contributed by atoms with Crippen LogP contribution in [0.2, 0.25) is 0 Å². The van der Waals surface area contributed by atoms with Gasteiger partial charge in [0.05, 0.1) is 6.10 Å². The van der Waals surface area contributed by atoms with Crippen LogP contribution >= 0.6 is 0 Å². The number of hydrogen-bond donors (Lipinski definition) is 2. The molecule has 2 nitrogen and oxygen atoms in total. The Kier molecular flexibility index (Phi) is 3.90. The number of aliphatic hydroxyl groups is 1. The van der Waals surface area contributed by atoms with Crippen molar-refractivity contribution in [2.45, 2.75) is 57.6 Å². The van der Waals surface area contributed by atoms with Crippen molar-refractivity contribution in [2.24, 2.45) is 5.92 Å². The zero-order valence-electron chi connectivity index (χ0n) is 11.9. The van der Waals surface area contributed by atoms with Crippen molar-refractivity contribution in [3.05, 3.63) is 34.9 Å². The van der Waals surface area contributed by atoms with Crippen LogP contribution in [0.5, 0.6) is 0 Å². The lowest BCUT2D eigenvalue weighted by atomic mass is 10.0. The van der Waals surface area contributed by atoms with E-state index in [4.69, 9.17) is 0 Å². The normalized spacial score (nSPS) is 27.5. The first-order valence-electron chi connectivity index (χ1n) is 7.75. The first-order valence-corrected chi connectivity index (χ1v) is 7.75. The van der Waals surface area contributed by atoms with E-state index in [1.54, 1.807) is 11.1 Å². The van der Waals surface area contributed by atoms with Gasteiger partial charge in [-0.1, -0.05) is 18.2 Å². The quantitative estimate of drug-likeness (QED) is 0.871. The van der Waals surface area contributed by atoms with E-state index < -0.39 is 0 Å². The standard InChI is InChI=1S/C17H25NO/c1-12(18-11-13-5-8-17(19)9-13)15-7-6-14-3-2-4-16(14)10-15/h6-7,10,12-13,17-19H,2-5,8-9,11H2,1H3. The topological polar surface area (TPSA) is 32.3 Å². The molecule has 2 heteroatoms. The molecule has 2 N–H and O–H groups in total. The Labute approximate surface area is 116 Å². The van der Waals surface area contributed by atoms with Crippen LogP contribution < -0.4 is 5.32 Å². The molecule has 19 heavy (non-hydrogen) atoms. The first kappa shape index (κ1) is 13.1. The fourth-order valence-corrected chi connectivity index (χ4v) is 3.56. The second-order valence-corrected chi connectivity index (χ2v) is 6.34. The van der Waals surface area contributed by atoms with Crippen LogP contribution in [0.1, 0.15) is 55.3 Å². The lowest BCUT2D eigenvalue weighted by Gasteiger charge is -2.18. The van der Waals surface area contributed by atoms with Gasteiger partial charge in [-0.3, -0.25) is 0 Å². The van der Waals surface area contributed by atoms with E-state index >= 15 is 0 Å². The highest BCUT2D eigenvalue weighted by molar-refractivity contribution is 5.36. The van der Waals surface area contributed by atoms with Gasteiger partial charge in [-0.05, 0) is 74.6 Å². The molecular formula is C17H25NO. The Morgan fingerprint density at radius 3 is 2.89 bits per heavy atom. The van der Waals surface area contributed by atoms with Crippen LogP contribution in [0.4, 0.5) is 0 Å². The summed E-state index contributed by atoms with van der Waals surface area (Å²) in [6.07, 6.45) is 6.92. The average Bonchev–Trinajstić information content (AvgIpc) is 3.03. The summed E-state index contributed by atoms with van der Waals surface area (Å²) in [5.41, 5.74) is 4.52. The van der Waals surface area contributed by atoms with Crippen molar-refractivity contribution < 1.29 is 5.11 Å². The first-order chi connectivity index (χ1) is 9.22. The summed E-state index contributed by atoms with van der Waals surface area (Å²) in [5.74, 6) is 0.659. The summed E-state index contributed by atoms with van der Waals surface area (Å²) in [6, 6.07) is 7.41. The fraction of sp³-hybridized carbons (Fsp3) is 0.647. The maximum Gasteiger partial charge on any atom is 0.0543 e. The van der Waals surface area contributed by atoms with E-state index in [1.165, 1.54) is 31.2 Å². The van der Waals surface area contributed by atoms with Crippen LogP contribution in [0.15, 0.2) is 18.2 Å². The molecule has 3 unspecified atom stereocenters. The van der Waals surface area contributed by atoms with E-state index in [-0.39, 0.29) is 6.10 Å². The predicted molar refractivity (Wildman–Crippen MR) is 78.2 cm³/mol. The minimum atomic E-state index is -0.0536. The minimum Gasteiger partial charge on any atom is -0.393 e. The molecule has 0 spiro atoms. The zero-order valence-corrected chi connectivity index (χ0v) is 11.9. The third-order valence-corrected chi connectivity index (χ3v) is 4.85. The molecule has 1 saturated carbocycles. The van der Waals surface area contributed by atoms with Crippen molar-refractivity contribution in [2.75, 3.05) is 6.54 Å². The number of aliphatic hydroxyl groups excluding tert-OH is 1. The molecule has 3 atom stereocenters. The number of nitrogens with one attached hydrogen (secondary N) is 1. The Morgan fingerprint density at radius 2 is 2.11 bits per heavy atom. The summed E-state index contributed by atoms with van der Waals surface area (Å²) >= 11 is 0. The van der Waals surface area contributed by atoms with E-state index in [0.717, 1.165) is 19.4 Å². The van der Waals surface area contributed by atoms with Crippen LogP contribution in [0.3, 0.4) is 0 Å². The Hall–Kier alpha value is -0.860. The van der Waals surface area contributed by atoms with Gasteiger partial charge in [-0.25, -0.2) is 0 Å². The molecule has 2 aliphatic carbocycles. The predicted octanol–water partition coefficient (Wildman–Crippen LogP) is 2.99. The van der Waals surface area contributed by atoms with Crippen molar-refractivity contribution >= 4 is 0 Å². The van der Waals surface area contributed by atoms with E-state index in [0.29, 0.717) is 12.0 Å². The van der Waals surface area contributed by atoms with Gasteiger partial charge in [0.1, 0.15) is 0 Å². The van der Waals surface area contributed by atoms with Crippen LogP contribution in [-0.2, 0) is 12.8 Å². The van der Waals surface area contributed by atoms with Crippen LogP contribution in [0, 0.1) is 5.92 Å². The molecule has 0 radical (unpaired) electrons. The molecule has 0 heterocycles. The van der Waals surface area contributed by atoms with Gasteiger partial charge in [0.25, 0.3) is 0 Å². The molecule has 0 aromatic heterocycles. The third kappa shape index (κ3) is 3.01. The molecular weight excluding hydrogens is 234 g/mol. The van der Waals surface area contributed by atoms with Gasteiger partial charge in [0.15, 0.2) is 0 Å². The molecule has 0 saturated heterocycles. The van der Waals surface area contributed by atoms with Gasteiger partial charge in [0.2, 0.25) is 0 Å². The summed E-state index contributed by atoms with van der Waals surface area (Å²) in [4.78, 5) is 0. The Balaban J connectivity index is 1.56. The second kappa shape index (κ2) is 5.64. The van der Waals surface area contributed by atoms with E-state index in [9.17, 15) is 5.11 Å². The molecule has 0 bridgehead atoms. The lowest BCUT2D eigenvalue weighted by molar-refractivity contribution is 0.177. The van der Waals surface area contributed by atoms with Gasteiger partial charge in [-0.2, -0.15) is 0 Å². The molecule has 0 amide bonds. The fourth-order valence-electron chi connectivity index (χ4n) is 3.56. The highest BCUT2D eigenvalue weighted by Crippen LogP contribution is 2.27. The molecule has 1 aromatic rings. The molecule has 0 aliphatic heterocycles. The number of rotatable bonds is 4. The monoisotopic (exact) mass is 259 g/mol. The van der Waals surface area contributed by atoms with Crippen molar-refractivity contribution in [1.29, 1.82) is 0 Å². The maximum absolute atomic E-state index is 9.56. The van der Waals surface area contributed by atoms with Crippen molar-refractivity contribution in [3.63, 3.8) is 0 Å². The SMILES string of the molecule is CC(NCC1CCC(O)C1)c1ccc2c(c1)CCC2. The van der Waals surface area contributed by atoms with Gasteiger partial charge < -0.3 is 10.4 Å². The van der Waals surface area contributed by atoms with Crippen LogP contribution in [-0.4, -0.2) is 17.8 Å². The number of hydrogen-bond acceptors (Lipinski definition) is 2. The number of aryl methyl sites for hydroxylation is 2. The molecule has 2 aliphatic rings. The largest absolute Gasteiger partial charge is 0.393 e. The van der Waals surface area contributed by atoms with Crippen LogP contribution in [0.25, 0.3) is 0 Å². The smallest absolute Gasteiger partial charge is 0.0543 e. The lowest BCUT2D eigenvalue weighted by Crippen LogP contribution is -2.25. The van der Waals surface area contributed by atoms with Gasteiger partial charge in [0, 0.05) is 6.04 Å². The summed E-state index contributed by atoms with van der Waals surface area (Å²) in [5, 5.41) is 13.2. The minimum absolute atomic E-state index is 0.0536. The second-order valence-electron chi connectivity index (χ2n) is 6.34. The molecule has 104 valence electrons. The maximum atomic E-state index is 9.56. The highest BCUT2D eigenvalue weighted by Gasteiger charge is 2.23. The summed E-state index contributed by atoms with van der Waals surface area (Å²) in [6.45, 7) is 3.29. The van der Waals surface area contributed by atoms with E-state index in [2.05, 4.69) is 30.4 Å². The van der Waals surface area contributed by atoms with Gasteiger partial charge in [-0.15, -0.1) is 0 Å². The summed E-state index contributed by atoms with van der Waals surface area (Å²) in [7, 11) is 0. The van der Waals surface area contributed by atoms with Crippen molar-refractivity contribution in [3.8, 4) is 0 Å². The number of fused-ring (bicyclic) bond motifs is 1. The van der Waals surface area contributed by atoms with Crippen molar-refractivity contribution in [1.82, 2.24) is 5.32 Å². The Morgan fingerprint density at radius 1 is 1.26 bits per heavy atom. The molecule has 1 fully saturated rings.